The first-order valence-electron chi connectivity index (χ1n) is 7.98. The summed E-state index contributed by atoms with van der Waals surface area (Å²) in [6, 6.07) is 7.81. The fourth-order valence-electron chi connectivity index (χ4n) is 2.39. The van der Waals surface area contributed by atoms with E-state index in [0.29, 0.717) is 13.2 Å². The topological polar surface area (TPSA) is 57.5 Å². The number of nitrogens with zero attached hydrogens (tertiary/aromatic N) is 1. The molecule has 0 aliphatic carbocycles. The van der Waals surface area contributed by atoms with Gasteiger partial charge in [-0.1, -0.05) is 18.2 Å². The normalized spacial score (nSPS) is 11.5. The summed E-state index contributed by atoms with van der Waals surface area (Å²) in [5.74, 6) is -0.531. The first kappa shape index (κ1) is 18.4. The van der Waals surface area contributed by atoms with Gasteiger partial charge in [0.1, 0.15) is 11.3 Å². The molecule has 130 valence electrons. The van der Waals surface area contributed by atoms with Gasteiger partial charge in [-0.2, -0.15) is 0 Å². The third-order valence-corrected chi connectivity index (χ3v) is 4.71. The molecule has 0 saturated carbocycles. The Morgan fingerprint density at radius 2 is 1.79 bits per heavy atom. The number of para-hydroxylation sites is 1. The molecule has 1 aromatic heterocycles. The average molecular weight is 349 g/mol. The molecule has 0 radical (unpaired) electrons. The smallest absolute Gasteiger partial charge is 0.325 e. The van der Waals surface area contributed by atoms with Crippen LogP contribution in [0.4, 0.5) is 0 Å². The minimum atomic E-state index is -0.713. The van der Waals surface area contributed by atoms with E-state index in [1.807, 2.05) is 48.9 Å². The molecule has 6 heteroatoms. The lowest BCUT2D eigenvalue weighted by molar-refractivity contribution is -0.145. The second-order valence-corrected chi connectivity index (χ2v) is 7.44. The van der Waals surface area contributed by atoms with Crippen LogP contribution in [-0.4, -0.2) is 34.5 Å². The van der Waals surface area contributed by atoms with Gasteiger partial charge in [-0.25, -0.2) is 0 Å². The van der Waals surface area contributed by atoms with Gasteiger partial charge in [0.15, 0.2) is 0 Å². The van der Waals surface area contributed by atoms with Gasteiger partial charge in [0, 0.05) is 22.0 Å². The molecule has 0 fully saturated rings. The molecule has 0 unspecified atom stereocenters. The largest absolute Gasteiger partial charge is 0.465 e. The number of carbonyl (C=O) groups is 2. The standard InChI is InChI=1S/C18H23NO4S/c1-5-22-16(20)12-19-11-15(13-9-7-8-10-14(13)19)24-18(3,4)17(21)23-6-2/h7-11H,5-6,12H2,1-4H3. The van der Waals surface area contributed by atoms with Crippen LogP contribution in [0.15, 0.2) is 35.4 Å². The average Bonchev–Trinajstić information content (AvgIpc) is 2.85. The van der Waals surface area contributed by atoms with Gasteiger partial charge < -0.3 is 14.0 Å². The molecular weight excluding hydrogens is 326 g/mol. The first-order valence-corrected chi connectivity index (χ1v) is 8.80. The molecule has 0 atom stereocenters. The molecule has 0 N–H and O–H groups in total. The predicted octanol–water partition coefficient (Wildman–Crippen LogP) is 3.64. The van der Waals surface area contributed by atoms with E-state index in [0.717, 1.165) is 15.8 Å². The highest BCUT2D eigenvalue weighted by Gasteiger charge is 2.31. The van der Waals surface area contributed by atoms with Crippen LogP contribution < -0.4 is 0 Å². The SMILES string of the molecule is CCOC(=O)Cn1cc(SC(C)(C)C(=O)OCC)c2ccccc21. The lowest BCUT2D eigenvalue weighted by atomic mass is 10.2. The fourth-order valence-corrected chi connectivity index (χ4v) is 3.55. The Kier molecular flexibility index (Phi) is 5.94. The molecule has 0 saturated heterocycles. The maximum atomic E-state index is 12.2. The van der Waals surface area contributed by atoms with E-state index >= 15 is 0 Å². The maximum absolute atomic E-state index is 12.2. The van der Waals surface area contributed by atoms with Crippen LogP contribution in [0.25, 0.3) is 10.9 Å². The molecule has 0 aliphatic rings. The lowest BCUT2D eigenvalue weighted by Crippen LogP contribution is -2.29. The van der Waals surface area contributed by atoms with Crippen molar-refractivity contribution in [3.05, 3.63) is 30.5 Å². The molecule has 0 spiro atoms. The maximum Gasteiger partial charge on any atom is 0.325 e. The minimum absolute atomic E-state index is 0.148. The Balaban J connectivity index is 2.34. The Morgan fingerprint density at radius 1 is 1.12 bits per heavy atom. The van der Waals surface area contributed by atoms with Crippen LogP contribution in [0.5, 0.6) is 0 Å². The molecule has 24 heavy (non-hydrogen) atoms. The summed E-state index contributed by atoms with van der Waals surface area (Å²) in [6.45, 7) is 8.12. The Bertz CT molecular complexity index is 736. The van der Waals surface area contributed by atoms with Crippen LogP contribution in [0, 0.1) is 0 Å². The molecule has 5 nitrogen and oxygen atoms in total. The van der Waals surface area contributed by atoms with Crippen molar-refractivity contribution in [2.24, 2.45) is 0 Å². The van der Waals surface area contributed by atoms with Crippen LogP contribution in [0.2, 0.25) is 0 Å². The van der Waals surface area contributed by atoms with E-state index < -0.39 is 4.75 Å². The van der Waals surface area contributed by atoms with Gasteiger partial charge in [-0.3, -0.25) is 9.59 Å². The van der Waals surface area contributed by atoms with Gasteiger partial charge in [0.05, 0.1) is 13.2 Å². The summed E-state index contributed by atoms with van der Waals surface area (Å²) in [5, 5.41) is 1.00. The molecule has 2 rings (SSSR count). The van der Waals surface area contributed by atoms with Crippen LogP contribution >= 0.6 is 11.8 Å². The fraction of sp³-hybridized carbons (Fsp3) is 0.444. The second-order valence-electron chi connectivity index (χ2n) is 5.78. The van der Waals surface area contributed by atoms with Gasteiger partial charge in [0.2, 0.25) is 0 Å². The molecule has 1 aromatic carbocycles. The highest BCUT2D eigenvalue weighted by Crippen LogP contribution is 2.38. The number of hydrogen-bond acceptors (Lipinski definition) is 5. The molecule has 1 heterocycles. The summed E-state index contributed by atoms with van der Waals surface area (Å²) < 4.78 is 11.3. The molecule has 0 bridgehead atoms. The van der Waals surface area contributed by atoms with Crippen molar-refractivity contribution < 1.29 is 19.1 Å². The summed E-state index contributed by atoms with van der Waals surface area (Å²) in [6.07, 6.45) is 1.90. The van der Waals surface area contributed by atoms with Gasteiger partial charge in [-0.15, -0.1) is 11.8 Å². The van der Waals surface area contributed by atoms with E-state index in [9.17, 15) is 9.59 Å². The Morgan fingerprint density at radius 3 is 2.46 bits per heavy atom. The van der Waals surface area contributed by atoms with Crippen molar-refractivity contribution in [1.82, 2.24) is 4.57 Å². The summed E-state index contributed by atoms with van der Waals surface area (Å²) in [7, 11) is 0. The summed E-state index contributed by atoms with van der Waals surface area (Å²) >= 11 is 1.44. The zero-order chi connectivity index (χ0) is 17.7. The van der Waals surface area contributed by atoms with E-state index in [1.54, 1.807) is 13.8 Å². The van der Waals surface area contributed by atoms with Crippen LogP contribution in [-0.2, 0) is 25.6 Å². The van der Waals surface area contributed by atoms with Crippen molar-refractivity contribution >= 4 is 34.6 Å². The Labute approximate surface area is 146 Å². The second kappa shape index (κ2) is 7.75. The number of ether oxygens (including phenoxy) is 2. The van der Waals surface area contributed by atoms with E-state index in [1.165, 1.54) is 11.8 Å². The number of aromatic nitrogens is 1. The quantitative estimate of drug-likeness (QED) is 0.564. The van der Waals surface area contributed by atoms with Crippen molar-refractivity contribution in [2.75, 3.05) is 13.2 Å². The molecule has 2 aromatic rings. The van der Waals surface area contributed by atoms with E-state index in [-0.39, 0.29) is 18.5 Å². The Hall–Kier alpha value is -1.95. The molecule has 0 amide bonds. The number of fused-ring (bicyclic) bond motifs is 1. The summed E-state index contributed by atoms with van der Waals surface area (Å²) in [4.78, 5) is 24.9. The van der Waals surface area contributed by atoms with Crippen molar-refractivity contribution in [3.8, 4) is 0 Å². The lowest BCUT2D eigenvalue weighted by Gasteiger charge is -2.21. The van der Waals surface area contributed by atoms with Crippen LogP contribution in [0.1, 0.15) is 27.7 Å². The first-order chi connectivity index (χ1) is 11.4. The van der Waals surface area contributed by atoms with Crippen LogP contribution in [0.3, 0.4) is 0 Å². The van der Waals surface area contributed by atoms with Gasteiger partial charge >= 0.3 is 11.9 Å². The zero-order valence-corrected chi connectivity index (χ0v) is 15.3. The third kappa shape index (κ3) is 4.12. The number of carbonyl (C=O) groups excluding carboxylic acids is 2. The number of rotatable bonds is 7. The number of esters is 2. The minimum Gasteiger partial charge on any atom is -0.465 e. The van der Waals surface area contributed by atoms with Crippen molar-refractivity contribution in [1.29, 1.82) is 0 Å². The van der Waals surface area contributed by atoms with Gasteiger partial charge in [-0.05, 0) is 33.8 Å². The number of hydrogen-bond donors (Lipinski definition) is 0. The van der Waals surface area contributed by atoms with E-state index in [2.05, 4.69) is 0 Å². The monoisotopic (exact) mass is 349 g/mol. The zero-order valence-electron chi connectivity index (χ0n) is 14.5. The van der Waals surface area contributed by atoms with Crippen molar-refractivity contribution in [2.45, 2.75) is 43.9 Å². The van der Waals surface area contributed by atoms with Gasteiger partial charge in [0.25, 0.3) is 0 Å². The number of thioether (sulfide) groups is 1. The summed E-state index contributed by atoms with van der Waals surface area (Å²) in [5.41, 5.74) is 0.938. The molecule has 0 aliphatic heterocycles. The highest BCUT2D eigenvalue weighted by molar-refractivity contribution is 8.01. The molecular formula is C18H23NO4S. The highest BCUT2D eigenvalue weighted by atomic mass is 32.2. The van der Waals surface area contributed by atoms with Crippen molar-refractivity contribution in [3.63, 3.8) is 0 Å². The third-order valence-electron chi connectivity index (χ3n) is 3.49. The van der Waals surface area contributed by atoms with E-state index in [4.69, 9.17) is 9.47 Å². The predicted molar refractivity (Wildman–Crippen MR) is 95.1 cm³/mol. The number of benzene rings is 1.